The maximum absolute atomic E-state index is 12.8. The van der Waals surface area contributed by atoms with Gasteiger partial charge < -0.3 is 14.5 Å². The number of hydrogen-bond donors (Lipinski definition) is 1. The third kappa shape index (κ3) is 6.71. The van der Waals surface area contributed by atoms with Crippen molar-refractivity contribution >= 4 is 27.5 Å². The van der Waals surface area contributed by atoms with Gasteiger partial charge in [0.2, 0.25) is 10.0 Å². The second kappa shape index (κ2) is 9.82. The van der Waals surface area contributed by atoms with Crippen LogP contribution in [0, 0.1) is 6.92 Å². The van der Waals surface area contributed by atoms with E-state index >= 15 is 0 Å². The monoisotopic (exact) mass is 445 g/mol. The molecule has 9 heteroatoms. The van der Waals surface area contributed by atoms with Crippen LogP contribution in [0.15, 0.2) is 48.5 Å². The predicted molar refractivity (Wildman–Crippen MR) is 119 cm³/mol. The zero-order valence-corrected chi connectivity index (χ0v) is 18.5. The Morgan fingerprint density at radius 2 is 1.55 bits per heavy atom. The number of rotatable bonds is 6. The average Bonchev–Trinajstić information content (AvgIpc) is 2.98. The van der Waals surface area contributed by atoms with E-state index in [9.17, 15) is 18.0 Å². The van der Waals surface area contributed by atoms with Crippen molar-refractivity contribution in [1.29, 1.82) is 0 Å². The number of hydrogen-bond acceptors (Lipinski definition) is 5. The summed E-state index contributed by atoms with van der Waals surface area (Å²) in [6, 6.07) is 13.8. The number of carbonyl (C=O) groups excluding carboxylic acids is 2. The fourth-order valence-electron chi connectivity index (χ4n) is 3.32. The van der Waals surface area contributed by atoms with Gasteiger partial charge in [0.15, 0.2) is 6.61 Å². The standard InChI is InChI=1S/C22H27N3O5S/c1-17-4-10-20(11-5-17)30-16-21(26)24-12-3-13-25(15-14-24)22(27)18-6-8-19(9-7-18)23-31(2,28)29/h4-11,23H,3,12-16H2,1-2H3. The largest absolute Gasteiger partial charge is 0.484 e. The van der Waals surface area contributed by atoms with Crippen molar-refractivity contribution in [2.75, 3.05) is 43.8 Å². The number of anilines is 1. The fraction of sp³-hybridized carbons (Fsp3) is 0.364. The molecule has 0 unspecified atom stereocenters. The van der Waals surface area contributed by atoms with Gasteiger partial charge in [0.1, 0.15) is 5.75 Å². The van der Waals surface area contributed by atoms with Gasteiger partial charge in [-0.05, 0) is 49.7 Å². The molecule has 1 heterocycles. The molecule has 0 atom stereocenters. The van der Waals surface area contributed by atoms with Crippen molar-refractivity contribution in [2.24, 2.45) is 0 Å². The lowest BCUT2D eigenvalue weighted by Crippen LogP contribution is -2.39. The highest BCUT2D eigenvalue weighted by molar-refractivity contribution is 7.92. The Bertz CT molecular complexity index is 1020. The van der Waals surface area contributed by atoms with Gasteiger partial charge in [0, 0.05) is 37.4 Å². The zero-order valence-electron chi connectivity index (χ0n) is 17.7. The molecule has 1 aliphatic rings. The molecule has 8 nitrogen and oxygen atoms in total. The molecule has 0 spiro atoms. The van der Waals surface area contributed by atoms with Crippen LogP contribution in [0.2, 0.25) is 0 Å². The molecular formula is C22H27N3O5S. The first kappa shape index (κ1) is 22.6. The van der Waals surface area contributed by atoms with Crippen LogP contribution >= 0.6 is 0 Å². The number of carbonyl (C=O) groups is 2. The Morgan fingerprint density at radius 1 is 0.935 bits per heavy atom. The molecule has 1 saturated heterocycles. The second-order valence-electron chi connectivity index (χ2n) is 7.58. The smallest absolute Gasteiger partial charge is 0.260 e. The Kier molecular flexibility index (Phi) is 7.17. The topological polar surface area (TPSA) is 96.0 Å². The lowest BCUT2D eigenvalue weighted by Gasteiger charge is -2.22. The van der Waals surface area contributed by atoms with Gasteiger partial charge in [0.05, 0.1) is 6.26 Å². The second-order valence-corrected chi connectivity index (χ2v) is 9.33. The van der Waals surface area contributed by atoms with E-state index in [4.69, 9.17) is 4.74 Å². The predicted octanol–water partition coefficient (Wildman–Crippen LogP) is 2.12. The Hall–Kier alpha value is -3.07. The van der Waals surface area contributed by atoms with E-state index in [0.29, 0.717) is 49.6 Å². The Morgan fingerprint density at radius 3 is 2.19 bits per heavy atom. The number of sulfonamides is 1. The van der Waals surface area contributed by atoms with E-state index in [-0.39, 0.29) is 18.4 Å². The Balaban J connectivity index is 1.53. The summed E-state index contributed by atoms with van der Waals surface area (Å²) in [7, 11) is -3.37. The van der Waals surface area contributed by atoms with E-state index in [0.717, 1.165) is 11.8 Å². The summed E-state index contributed by atoms with van der Waals surface area (Å²) in [4.78, 5) is 28.8. The SMILES string of the molecule is Cc1ccc(OCC(=O)N2CCCN(C(=O)c3ccc(NS(C)(=O)=O)cc3)CC2)cc1. The molecule has 166 valence electrons. The number of nitrogens with zero attached hydrogens (tertiary/aromatic N) is 2. The molecule has 31 heavy (non-hydrogen) atoms. The molecule has 1 fully saturated rings. The lowest BCUT2D eigenvalue weighted by atomic mass is 10.2. The van der Waals surface area contributed by atoms with Crippen molar-refractivity contribution < 1.29 is 22.7 Å². The molecule has 1 N–H and O–H groups in total. The van der Waals surface area contributed by atoms with Crippen molar-refractivity contribution in [2.45, 2.75) is 13.3 Å². The number of amides is 2. The molecule has 0 radical (unpaired) electrons. The molecule has 2 aromatic carbocycles. The van der Waals surface area contributed by atoms with Crippen LogP contribution < -0.4 is 9.46 Å². The minimum Gasteiger partial charge on any atom is -0.484 e. The van der Waals surface area contributed by atoms with Crippen LogP contribution in [0.4, 0.5) is 5.69 Å². The van der Waals surface area contributed by atoms with Crippen LogP contribution in [-0.4, -0.2) is 69.1 Å². The number of benzene rings is 2. The lowest BCUT2D eigenvalue weighted by molar-refractivity contribution is -0.133. The van der Waals surface area contributed by atoms with Crippen LogP contribution in [0.3, 0.4) is 0 Å². The highest BCUT2D eigenvalue weighted by Gasteiger charge is 2.23. The quantitative estimate of drug-likeness (QED) is 0.735. The molecule has 0 bridgehead atoms. The zero-order chi connectivity index (χ0) is 22.4. The maximum Gasteiger partial charge on any atom is 0.260 e. The van der Waals surface area contributed by atoms with Crippen molar-refractivity contribution in [3.8, 4) is 5.75 Å². The Labute approximate surface area is 182 Å². The van der Waals surface area contributed by atoms with Crippen LogP contribution in [0.25, 0.3) is 0 Å². The molecule has 1 aliphatic heterocycles. The summed E-state index contributed by atoms with van der Waals surface area (Å²) in [6.07, 6.45) is 1.75. The van der Waals surface area contributed by atoms with Gasteiger partial charge in [-0.25, -0.2) is 8.42 Å². The summed E-state index contributed by atoms with van der Waals surface area (Å²) in [6.45, 7) is 3.93. The summed E-state index contributed by atoms with van der Waals surface area (Å²) in [5.74, 6) is 0.404. The number of aryl methyl sites for hydroxylation is 1. The summed E-state index contributed by atoms with van der Waals surface area (Å²) in [5.41, 5.74) is 2.00. The van der Waals surface area contributed by atoms with Crippen LogP contribution in [-0.2, 0) is 14.8 Å². The minimum atomic E-state index is -3.37. The molecule has 2 aromatic rings. The summed E-state index contributed by atoms with van der Waals surface area (Å²) in [5, 5.41) is 0. The van der Waals surface area contributed by atoms with Crippen LogP contribution in [0.5, 0.6) is 5.75 Å². The number of nitrogens with one attached hydrogen (secondary N) is 1. The van der Waals surface area contributed by atoms with Gasteiger partial charge in [-0.2, -0.15) is 0 Å². The normalized spacial score (nSPS) is 14.6. The van der Waals surface area contributed by atoms with Gasteiger partial charge in [-0.1, -0.05) is 17.7 Å². The van der Waals surface area contributed by atoms with Gasteiger partial charge in [0.25, 0.3) is 11.8 Å². The van der Waals surface area contributed by atoms with Crippen molar-refractivity contribution in [3.05, 3.63) is 59.7 Å². The third-order valence-electron chi connectivity index (χ3n) is 4.95. The van der Waals surface area contributed by atoms with E-state index < -0.39 is 10.0 Å². The van der Waals surface area contributed by atoms with E-state index in [1.54, 1.807) is 34.1 Å². The van der Waals surface area contributed by atoms with Crippen LogP contribution in [0.1, 0.15) is 22.3 Å². The maximum atomic E-state index is 12.8. The van der Waals surface area contributed by atoms with Gasteiger partial charge in [-0.3, -0.25) is 14.3 Å². The summed E-state index contributed by atoms with van der Waals surface area (Å²) < 4.78 is 30.6. The first-order chi connectivity index (χ1) is 14.7. The highest BCUT2D eigenvalue weighted by atomic mass is 32.2. The van der Waals surface area contributed by atoms with E-state index in [1.165, 1.54) is 0 Å². The summed E-state index contributed by atoms with van der Waals surface area (Å²) >= 11 is 0. The fourth-order valence-corrected chi connectivity index (χ4v) is 3.88. The van der Waals surface area contributed by atoms with Gasteiger partial charge >= 0.3 is 0 Å². The number of ether oxygens (including phenoxy) is 1. The van der Waals surface area contributed by atoms with Crippen molar-refractivity contribution in [3.63, 3.8) is 0 Å². The van der Waals surface area contributed by atoms with E-state index in [2.05, 4.69) is 4.72 Å². The third-order valence-corrected chi connectivity index (χ3v) is 5.56. The van der Waals surface area contributed by atoms with E-state index in [1.807, 2.05) is 31.2 Å². The van der Waals surface area contributed by atoms with Crippen molar-refractivity contribution in [1.82, 2.24) is 9.80 Å². The first-order valence-electron chi connectivity index (χ1n) is 10.1. The minimum absolute atomic E-state index is 0.0359. The molecule has 3 rings (SSSR count). The first-order valence-corrected chi connectivity index (χ1v) is 11.9. The molecular weight excluding hydrogens is 418 g/mol. The van der Waals surface area contributed by atoms with Gasteiger partial charge in [-0.15, -0.1) is 0 Å². The molecule has 0 aromatic heterocycles. The average molecular weight is 446 g/mol. The molecule has 0 saturated carbocycles. The highest BCUT2D eigenvalue weighted by Crippen LogP contribution is 2.15. The molecule has 0 aliphatic carbocycles. The molecule has 2 amide bonds.